The van der Waals surface area contributed by atoms with Crippen LogP contribution in [0.25, 0.3) is 5.57 Å². The minimum Gasteiger partial charge on any atom is -0.395 e. The minimum absolute atomic E-state index is 0.0121. The normalized spacial score (nSPS) is 20.1. The van der Waals surface area contributed by atoms with Gasteiger partial charge in [-0.1, -0.05) is 30.2 Å². The van der Waals surface area contributed by atoms with Crippen molar-refractivity contribution in [1.82, 2.24) is 10.2 Å². The molecule has 0 aliphatic carbocycles. The number of aliphatic hydroxyl groups is 1. The van der Waals surface area contributed by atoms with Crippen molar-refractivity contribution in [2.45, 2.75) is 72.7 Å². The number of hydrogen-bond donors (Lipinski definition) is 2. The molecule has 2 aromatic rings. The van der Waals surface area contributed by atoms with Crippen LogP contribution in [0.3, 0.4) is 0 Å². The highest BCUT2D eigenvalue weighted by atomic mass is 19.4. The molecule has 0 aromatic heterocycles. The maximum Gasteiger partial charge on any atom is 0.416 e. The van der Waals surface area contributed by atoms with E-state index in [1.807, 2.05) is 6.92 Å². The average Bonchev–Trinajstić information content (AvgIpc) is 3.30. The molecule has 1 heterocycles. The van der Waals surface area contributed by atoms with E-state index in [9.17, 15) is 45.4 Å². The number of allylic oxidation sites excluding steroid dienone is 4. The monoisotopic (exact) mass is 682 g/mol. The molecular formula is C36H41F7N2O3. The SMILES string of the molecule is CCC(C)=CC(=C(C=C(C)C1CNC(=O)C1(C)CO)c1ccc(F)cc1C)N(C)C(=O)C(C)(C)c1cc(C(F)(F)F)cc(C(F)(F)F)c1. The number of benzene rings is 2. The summed E-state index contributed by atoms with van der Waals surface area (Å²) in [5, 5.41) is 12.9. The first kappa shape index (κ1) is 38.5. The Hall–Kier alpha value is -3.93. The summed E-state index contributed by atoms with van der Waals surface area (Å²) in [6.45, 7) is 10.9. The number of amides is 2. The molecule has 12 heteroatoms. The molecule has 48 heavy (non-hydrogen) atoms. The van der Waals surface area contributed by atoms with E-state index in [2.05, 4.69) is 5.32 Å². The molecule has 0 bridgehead atoms. The van der Waals surface area contributed by atoms with Crippen LogP contribution < -0.4 is 5.32 Å². The van der Waals surface area contributed by atoms with Gasteiger partial charge in [0.2, 0.25) is 11.8 Å². The number of carbonyl (C=O) groups excluding carboxylic acids is 2. The summed E-state index contributed by atoms with van der Waals surface area (Å²) >= 11 is 0. The van der Waals surface area contributed by atoms with Gasteiger partial charge in [0.05, 0.1) is 34.3 Å². The van der Waals surface area contributed by atoms with Crippen LogP contribution in [0.2, 0.25) is 0 Å². The Kier molecular flexibility index (Phi) is 11.1. The summed E-state index contributed by atoms with van der Waals surface area (Å²) in [5.74, 6) is -2.16. The predicted octanol–water partition coefficient (Wildman–Crippen LogP) is 8.37. The molecule has 1 aliphatic heterocycles. The fourth-order valence-electron chi connectivity index (χ4n) is 5.83. The molecule has 1 fully saturated rings. The number of halogens is 7. The second-order valence-electron chi connectivity index (χ2n) is 13.1. The van der Waals surface area contributed by atoms with Gasteiger partial charge in [-0.15, -0.1) is 0 Å². The van der Waals surface area contributed by atoms with Crippen LogP contribution in [0, 0.1) is 24.1 Å². The first-order valence-electron chi connectivity index (χ1n) is 15.3. The number of carbonyl (C=O) groups is 2. The molecule has 2 aromatic carbocycles. The highest BCUT2D eigenvalue weighted by molar-refractivity contribution is 5.92. The van der Waals surface area contributed by atoms with E-state index in [1.54, 1.807) is 39.8 Å². The van der Waals surface area contributed by atoms with Gasteiger partial charge >= 0.3 is 12.4 Å². The molecule has 0 spiro atoms. The van der Waals surface area contributed by atoms with Crippen molar-refractivity contribution in [3.63, 3.8) is 0 Å². The third-order valence-corrected chi connectivity index (χ3v) is 9.21. The smallest absolute Gasteiger partial charge is 0.395 e. The summed E-state index contributed by atoms with van der Waals surface area (Å²) in [6, 6.07) is 5.13. The summed E-state index contributed by atoms with van der Waals surface area (Å²) < 4.78 is 96.8. The molecule has 1 aliphatic rings. The van der Waals surface area contributed by atoms with Crippen molar-refractivity contribution in [3.8, 4) is 0 Å². The third-order valence-electron chi connectivity index (χ3n) is 9.21. The summed E-state index contributed by atoms with van der Waals surface area (Å²) in [6.07, 6.45) is -6.28. The zero-order valence-electron chi connectivity index (χ0n) is 28.2. The minimum atomic E-state index is -5.11. The maximum atomic E-state index is 14.3. The highest BCUT2D eigenvalue weighted by Gasteiger charge is 2.47. The van der Waals surface area contributed by atoms with Crippen molar-refractivity contribution in [1.29, 1.82) is 0 Å². The van der Waals surface area contributed by atoms with Gasteiger partial charge < -0.3 is 15.3 Å². The molecule has 5 nitrogen and oxygen atoms in total. The van der Waals surface area contributed by atoms with Crippen LogP contribution in [-0.4, -0.2) is 42.0 Å². The van der Waals surface area contributed by atoms with E-state index in [4.69, 9.17) is 0 Å². The highest BCUT2D eigenvalue weighted by Crippen LogP contribution is 2.42. The lowest BCUT2D eigenvalue weighted by Crippen LogP contribution is -2.41. The molecule has 3 rings (SSSR count). The topological polar surface area (TPSA) is 69.6 Å². The number of hydrogen-bond acceptors (Lipinski definition) is 3. The quantitative estimate of drug-likeness (QED) is 0.206. The van der Waals surface area contributed by atoms with Crippen LogP contribution in [0.5, 0.6) is 0 Å². The Morgan fingerprint density at radius 2 is 1.54 bits per heavy atom. The van der Waals surface area contributed by atoms with Gasteiger partial charge in [-0.05, 0) is 101 Å². The lowest BCUT2D eigenvalue weighted by Gasteiger charge is -2.33. The Morgan fingerprint density at radius 3 is 2.02 bits per heavy atom. The van der Waals surface area contributed by atoms with E-state index in [1.165, 1.54) is 44.0 Å². The number of alkyl halides is 6. The average molecular weight is 683 g/mol. The van der Waals surface area contributed by atoms with E-state index >= 15 is 0 Å². The number of nitrogens with zero attached hydrogens (tertiary/aromatic N) is 1. The van der Waals surface area contributed by atoms with Gasteiger partial charge in [0.15, 0.2) is 0 Å². The largest absolute Gasteiger partial charge is 0.416 e. The van der Waals surface area contributed by atoms with Crippen LogP contribution in [0.1, 0.15) is 75.8 Å². The summed E-state index contributed by atoms with van der Waals surface area (Å²) in [4.78, 5) is 28.2. The standard InChI is InChI=1S/C36H41F7N2O3/c1-9-20(2)12-30(45(8)32(48)33(5,6)23-15-24(35(38,39)40)17-25(16-23)36(41,42)43)28(27-11-10-26(37)13-21(27)3)14-22(4)29-18-44-31(47)34(29,7)19-46/h10-17,29,46H,9,18-19H2,1-8H3,(H,44,47). The zero-order chi connectivity index (χ0) is 36.6. The molecule has 1 saturated heterocycles. The van der Waals surface area contributed by atoms with Gasteiger partial charge in [-0.2, -0.15) is 26.3 Å². The number of aryl methyl sites for hydroxylation is 1. The van der Waals surface area contributed by atoms with Gasteiger partial charge in [-0.25, -0.2) is 4.39 Å². The van der Waals surface area contributed by atoms with Crippen molar-refractivity contribution in [2.24, 2.45) is 11.3 Å². The van der Waals surface area contributed by atoms with E-state index in [0.29, 0.717) is 40.8 Å². The molecule has 2 N–H and O–H groups in total. The van der Waals surface area contributed by atoms with E-state index < -0.39 is 64.1 Å². The third kappa shape index (κ3) is 7.85. The molecular weight excluding hydrogens is 641 g/mol. The molecule has 262 valence electrons. The lowest BCUT2D eigenvalue weighted by molar-refractivity contribution is -0.143. The first-order valence-corrected chi connectivity index (χ1v) is 15.3. The van der Waals surface area contributed by atoms with Crippen molar-refractivity contribution >= 4 is 17.4 Å². The van der Waals surface area contributed by atoms with Crippen molar-refractivity contribution < 1.29 is 45.4 Å². The number of rotatable bonds is 9. The van der Waals surface area contributed by atoms with Gasteiger partial charge in [0, 0.05) is 25.1 Å². The van der Waals surface area contributed by atoms with Crippen LogP contribution in [0.15, 0.2) is 65.4 Å². The summed E-state index contributed by atoms with van der Waals surface area (Å²) in [7, 11) is 1.37. The lowest BCUT2D eigenvalue weighted by atomic mass is 9.75. The number of likely N-dealkylation sites (N-methyl/N-ethyl adjacent to an activating group) is 1. The number of nitrogens with one attached hydrogen (secondary N) is 1. The Labute approximate surface area is 276 Å². The Bertz CT molecular complexity index is 1640. The Morgan fingerprint density at radius 1 is 1.00 bits per heavy atom. The van der Waals surface area contributed by atoms with Crippen LogP contribution in [-0.2, 0) is 27.4 Å². The number of aliphatic hydroxyl groups excluding tert-OH is 1. The second kappa shape index (κ2) is 13.9. The molecule has 0 radical (unpaired) electrons. The van der Waals surface area contributed by atoms with E-state index in [0.717, 1.165) is 5.57 Å². The van der Waals surface area contributed by atoms with Gasteiger partial charge in [-0.3, -0.25) is 9.59 Å². The fourth-order valence-corrected chi connectivity index (χ4v) is 5.83. The predicted molar refractivity (Wildman–Crippen MR) is 170 cm³/mol. The van der Waals surface area contributed by atoms with Gasteiger partial charge in [0.25, 0.3) is 0 Å². The van der Waals surface area contributed by atoms with Crippen LogP contribution >= 0.6 is 0 Å². The molecule has 0 saturated carbocycles. The van der Waals surface area contributed by atoms with E-state index in [-0.39, 0.29) is 24.2 Å². The summed E-state index contributed by atoms with van der Waals surface area (Å²) in [5.41, 5.74) is -3.61. The van der Waals surface area contributed by atoms with Crippen molar-refractivity contribution in [2.75, 3.05) is 20.2 Å². The van der Waals surface area contributed by atoms with Crippen LogP contribution in [0.4, 0.5) is 30.7 Å². The van der Waals surface area contributed by atoms with Crippen molar-refractivity contribution in [3.05, 3.63) is 99.0 Å². The molecule has 2 atom stereocenters. The molecule has 2 unspecified atom stereocenters. The first-order chi connectivity index (χ1) is 22.0. The Balaban J connectivity index is 2.37. The maximum absolute atomic E-state index is 14.3. The zero-order valence-corrected chi connectivity index (χ0v) is 28.2. The fraction of sp³-hybridized carbons (Fsp3) is 0.444. The second-order valence-corrected chi connectivity index (χ2v) is 13.1. The molecule has 2 amide bonds. The van der Waals surface area contributed by atoms with Gasteiger partial charge in [0.1, 0.15) is 5.82 Å².